The van der Waals surface area contributed by atoms with E-state index < -0.39 is 5.91 Å². The summed E-state index contributed by atoms with van der Waals surface area (Å²) in [6, 6.07) is 10.4. The lowest BCUT2D eigenvalue weighted by molar-refractivity contribution is 0.102. The number of carbonyl (C=O) groups excluding carboxylic acids is 1. The van der Waals surface area contributed by atoms with Gasteiger partial charge in [-0.05, 0) is 52.9 Å². The number of nitrogens with one attached hydrogen (secondary N) is 1. The van der Waals surface area contributed by atoms with Crippen LogP contribution in [0, 0.1) is 9.39 Å². The standard InChI is InChI=1S/C13H9FINO2/c14-10-5-2-6-11(12(10)15)16-13(18)8-3-1-4-9(17)7-8/h1-7,17H,(H,16,18). The molecule has 0 heterocycles. The van der Waals surface area contributed by atoms with Gasteiger partial charge < -0.3 is 10.4 Å². The molecule has 0 fully saturated rings. The summed E-state index contributed by atoms with van der Waals surface area (Å²) in [5, 5.41) is 11.9. The molecule has 18 heavy (non-hydrogen) atoms. The average Bonchev–Trinajstić information content (AvgIpc) is 2.35. The highest BCUT2D eigenvalue weighted by atomic mass is 127. The lowest BCUT2D eigenvalue weighted by atomic mass is 10.2. The first-order valence-electron chi connectivity index (χ1n) is 5.12. The van der Waals surface area contributed by atoms with Crippen LogP contribution in [0.15, 0.2) is 42.5 Å². The summed E-state index contributed by atoms with van der Waals surface area (Å²) in [6.45, 7) is 0. The Morgan fingerprint density at radius 2 is 1.94 bits per heavy atom. The van der Waals surface area contributed by atoms with Gasteiger partial charge in [0.1, 0.15) is 11.6 Å². The van der Waals surface area contributed by atoms with Gasteiger partial charge in [-0.2, -0.15) is 0 Å². The second-order valence-electron chi connectivity index (χ2n) is 3.61. The van der Waals surface area contributed by atoms with Crippen LogP contribution in [0.3, 0.4) is 0 Å². The number of aromatic hydroxyl groups is 1. The highest BCUT2D eigenvalue weighted by Gasteiger charge is 2.10. The molecule has 0 aliphatic heterocycles. The van der Waals surface area contributed by atoms with Crippen molar-refractivity contribution in [2.45, 2.75) is 0 Å². The molecule has 0 unspecified atom stereocenters. The van der Waals surface area contributed by atoms with Crippen molar-refractivity contribution in [1.82, 2.24) is 0 Å². The number of phenols is 1. The normalized spacial score (nSPS) is 10.1. The highest BCUT2D eigenvalue weighted by molar-refractivity contribution is 14.1. The van der Waals surface area contributed by atoms with Gasteiger partial charge in [0.05, 0.1) is 9.26 Å². The van der Waals surface area contributed by atoms with Gasteiger partial charge >= 0.3 is 0 Å². The van der Waals surface area contributed by atoms with E-state index in [4.69, 9.17) is 0 Å². The van der Waals surface area contributed by atoms with E-state index in [0.717, 1.165) is 0 Å². The van der Waals surface area contributed by atoms with Crippen molar-refractivity contribution in [2.75, 3.05) is 5.32 Å². The van der Waals surface area contributed by atoms with Crippen LogP contribution in [-0.4, -0.2) is 11.0 Å². The molecule has 2 aromatic carbocycles. The van der Waals surface area contributed by atoms with Crippen molar-refractivity contribution in [3.05, 3.63) is 57.4 Å². The molecule has 0 atom stereocenters. The Morgan fingerprint density at radius 1 is 1.22 bits per heavy atom. The van der Waals surface area contributed by atoms with E-state index >= 15 is 0 Å². The van der Waals surface area contributed by atoms with Crippen molar-refractivity contribution in [1.29, 1.82) is 0 Å². The second-order valence-corrected chi connectivity index (χ2v) is 4.68. The number of benzene rings is 2. The lowest BCUT2D eigenvalue weighted by Crippen LogP contribution is -2.13. The number of anilines is 1. The summed E-state index contributed by atoms with van der Waals surface area (Å²) >= 11 is 1.83. The minimum absolute atomic E-state index is 0.0107. The molecule has 0 aliphatic carbocycles. The fraction of sp³-hybridized carbons (Fsp3) is 0. The minimum atomic E-state index is -0.394. The molecule has 2 rings (SSSR count). The van der Waals surface area contributed by atoms with Crippen LogP contribution < -0.4 is 5.32 Å². The SMILES string of the molecule is O=C(Nc1cccc(F)c1I)c1cccc(O)c1. The van der Waals surface area contributed by atoms with Crippen LogP contribution >= 0.6 is 22.6 Å². The smallest absolute Gasteiger partial charge is 0.255 e. The van der Waals surface area contributed by atoms with Crippen LogP contribution in [-0.2, 0) is 0 Å². The number of hydrogen-bond acceptors (Lipinski definition) is 2. The Morgan fingerprint density at radius 3 is 2.67 bits per heavy atom. The first kappa shape index (κ1) is 12.8. The Bertz CT molecular complexity index is 601. The molecule has 0 spiro atoms. The third-order valence-corrected chi connectivity index (χ3v) is 3.40. The molecule has 0 aromatic heterocycles. The Balaban J connectivity index is 2.24. The lowest BCUT2D eigenvalue weighted by Gasteiger charge is -2.08. The number of phenolic OH excluding ortho intramolecular Hbond substituents is 1. The van der Waals surface area contributed by atoms with Gasteiger partial charge in [0, 0.05) is 5.56 Å². The third kappa shape index (κ3) is 2.79. The zero-order valence-electron chi connectivity index (χ0n) is 9.15. The van der Waals surface area contributed by atoms with Gasteiger partial charge in [0.2, 0.25) is 0 Å². The molecular formula is C13H9FINO2. The Kier molecular flexibility index (Phi) is 3.81. The van der Waals surface area contributed by atoms with Crippen molar-refractivity contribution in [3.8, 4) is 5.75 Å². The molecule has 2 aromatic rings. The largest absolute Gasteiger partial charge is 0.508 e. The molecule has 0 bridgehead atoms. The molecule has 0 radical (unpaired) electrons. The molecule has 0 saturated heterocycles. The molecule has 2 N–H and O–H groups in total. The topological polar surface area (TPSA) is 49.3 Å². The van der Waals surface area contributed by atoms with Crippen LogP contribution in [0.25, 0.3) is 0 Å². The molecule has 5 heteroatoms. The molecular weight excluding hydrogens is 348 g/mol. The Labute approximate surface area is 117 Å². The highest BCUT2D eigenvalue weighted by Crippen LogP contribution is 2.22. The van der Waals surface area contributed by atoms with E-state index in [1.165, 1.54) is 24.3 Å². The molecule has 0 aliphatic rings. The van der Waals surface area contributed by atoms with E-state index in [1.54, 1.807) is 18.2 Å². The van der Waals surface area contributed by atoms with Crippen molar-refractivity contribution >= 4 is 34.2 Å². The number of halogens is 2. The second kappa shape index (κ2) is 5.34. The van der Waals surface area contributed by atoms with Gasteiger partial charge in [-0.3, -0.25) is 4.79 Å². The summed E-state index contributed by atoms with van der Waals surface area (Å²) in [6.07, 6.45) is 0. The third-order valence-electron chi connectivity index (χ3n) is 2.31. The Hall–Kier alpha value is -1.63. The van der Waals surface area contributed by atoms with E-state index in [9.17, 15) is 14.3 Å². The number of amides is 1. The monoisotopic (exact) mass is 357 g/mol. The van der Waals surface area contributed by atoms with Crippen LogP contribution in [0.2, 0.25) is 0 Å². The fourth-order valence-electron chi connectivity index (χ4n) is 1.44. The van der Waals surface area contributed by atoms with Crippen LogP contribution in [0.1, 0.15) is 10.4 Å². The summed E-state index contributed by atoms with van der Waals surface area (Å²) in [5.74, 6) is -0.768. The summed E-state index contributed by atoms with van der Waals surface area (Å²) in [5.41, 5.74) is 0.721. The van der Waals surface area contributed by atoms with Gasteiger partial charge in [-0.1, -0.05) is 12.1 Å². The number of carbonyl (C=O) groups is 1. The fourth-order valence-corrected chi connectivity index (χ4v) is 1.94. The summed E-state index contributed by atoms with van der Waals surface area (Å²) < 4.78 is 13.6. The summed E-state index contributed by atoms with van der Waals surface area (Å²) in [7, 11) is 0. The molecule has 0 saturated carbocycles. The zero-order chi connectivity index (χ0) is 13.1. The van der Waals surface area contributed by atoms with Gasteiger partial charge in [-0.15, -0.1) is 0 Å². The van der Waals surface area contributed by atoms with Gasteiger partial charge in [-0.25, -0.2) is 4.39 Å². The number of rotatable bonds is 2. The van der Waals surface area contributed by atoms with Crippen LogP contribution in [0.5, 0.6) is 5.75 Å². The minimum Gasteiger partial charge on any atom is -0.508 e. The van der Waals surface area contributed by atoms with E-state index in [0.29, 0.717) is 14.8 Å². The van der Waals surface area contributed by atoms with Crippen molar-refractivity contribution < 1.29 is 14.3 Å². The van der Waals surface area contributed by atoms with E-state index in [1.807, 2.05) is 22.6 Å². The predicted molar refractivity (Wildman–Crippen MR) is 75.2 cm³/mol. The van der Waals surface area contributed by atoms with Crippen LogP contribution in [0.4, 0.5) is 10.1 Å². The van der Waals surface area contributed by atoms with Crippen molar-refractivity contribution in [3.63, 3.8) is 0 Å². The quantitative estimate of drug-likeness (QED) is 0.810. The molecule has 1 amide bonds. The van der Waals surface area contributed by atoms with Crippen molar-refractivity contribution in [2.24, 2.45) is 0 Å². The molecule has 92 valence electrons. The van der Waals surface area contributed by atoms with E-state index in [2.05, 4.69) is 5.32 Å². The number of hydrogen-bond donors (Lipinski definition) is 2. The first-order valence-corrected chi connectivity index (χ1v) is 6.20. The van der Waals surface area contributed by atoms with Gasteiger partial charge in [0.15, 0.2) is 0 Å². The van der Waals surface area contributed by atoms with E-state index in [-0.39, 0.29) is 11.6 Å². The maximum atomic E-state index is 13.3. The zero-order valence-corrected chi connectivity index (χ0v) is 11.3. The summed E-state index contributed by atoms with van der Waals surface area (Å²) in [4.78, 5) is 11.9. The average molecular weight is 357 g/mol. The predicted octanol–water partition coefficient (Wildman–Crippen LogP) is 3.39. The molecule has 3 nitrogen and oxygen atoms in total. The maximum absolute atomic E-state index is 13.3. The van der Waals surface area contributed by atoms with Gasteiger partial charge in [0.25, 0.3) is 5.91 Å². The first-order chi connectivity index (χ1) is 8.58. The maximum Gasteiger partial charge on any atom is 0.255 e.